The second-order valence-corrected chi connectivity index (χ2v) is 9.65. The van der Waals surface area contributed by atoms with Crippen LogP contribution in [-0.4, -0.2) is 42.5 Å². The van der Waals surface area contributed by atoms with Crippen molar-refractivity contribution in [3.05, 3.63) is 95.3 Å². The number of halogens is 1. The second kappa shape index (κ2) is 16.3. The Labute approximate surface area is 237 Å². The molecule has 7 heteroatoms. The number of unbranched alkanes of at least 4 members (excludes halogenated alkanes) is 1. The van der Waals surface area contributed by atoms with Crippen LogP contribution in [0.4, 0.5) is 4.39 Å². The van der Waals surface area contributed by atoms with Crippen molar-refractivity contribution in [3.63, 3.8) is 0 Å². The predicted molar refractivity (Wildman–Crippen MR) is 156 cm³/mol. The van der Waals surface area contributed by atoms with Crippen LogP contribution in [0.1, 0.15) is 56.7 Å². The van der Waals surface area contributed by atoms with Crippen LogP contribution in [0.3, 0.4) is 0 Å². The van der Waals surface area contributed by atoms with Crippen molar-refractivity contribution >= 4 is 11.8 Å². The minimum absolute atomic E-state index is 0.150. The van der Waals surface area contributed by atoms with Gasteiger partial charge in [0.15, 0.2) is 11.5 Å². The molecule has 0 saturated heterocycles. The summed E-state index contributed by atoms with van der Waals surface area (Å²) in [5.41, 5.74) is 2.66. The van der Waals surface area contributed by atoms with Crippen molar-refractivity contribution in [2.24, 2.45) is 0 Å². The summed E-state index contributed by atoms with van der Waals surface area (Å²) in [5, 5.41) is 3.02. The molecule has 0 aliphatic carbocycles. The molecule has 1 atom stereocenters. The number of carbonyl (C=O) groups excluding carboxylic acids is 2. The molecular weight excluding hydrogens is 507 g/mol. The summed E-state index contributed by atoms with van der Waals surface area (Å²) in [6.07, 6.45) is 2.86. The summed E-state index contributed by atoms with van der Waals surface area (Å²) >= 11 is 0. The van der Waals surface area contributed by atoms with Gasteiger partial charge in [-0.2, -0.15) is 0 Å². The summed E-state index contributed by atoms with van der Waals surface area (Å²) in [6, 6.07) is 20.8. The van der Waals surface area contributed by atoms with E-state index >= 15 is 0 Å². The lowest BCUT2D eigenvalue weighted by Gasteiger charge is -2.31. The Morgan fingerprint density at radius 3 is 2.20 bits per heavy atom. The molecule has 0 aromatic heterocycles. The first kappa shape index (κ1) is 30.7. The fourth-order valence-electron chi connectivity index (χ4n) is 4.49. The Bertz CT molecular complexity index is 1200. The number of amides is 2. The molecule has 214 valence electrons. The first-order chi connectivity index (χ1) is 19.4. The number of ether oxygens (including phenoxy) is 2. The lowest BCUT2D eigenvalue weighted by Crippen LogP contribution is -2.50. The van der Waals surface area contributed by atoms with Crippen LogP contribution in [0, 0.1) is 5.82 Å². The van der Waals surface area contributed by atoms with E-state index in [-0.39, 0.29) is 30.6 Å². The third-order valence-corrected chi connectivity index (χ3v) is 6.60. The highest BCUT2D eigenvalue weighted by Gasteiger charge is 2.30. The molecule has 0 unspecified atom stereocenters. The van der Waals surface area contributed by atoms with Gasteiger partial charge in [0.25, 0.3) is 0 Å². The molecular formula is C33H41FN2O4. The minimum Gasteiger partial charge on any atom is -0.490 e. The van der Waals surface area contributed by atoms with Crippen LogP contribution >= 0.6 is 0 Å². The highest BCUT2D eigenvalue weighted by Crippen LogP contribution is 2.29. The van der Waals surface area contributed by atoms with E-state index in [1.165, 1.54) is 12.1 Å². The van der Waals surface area contributed by atoms with Crippen molar-refractivity contribution < 1.29 is 23.5 Å². The SMILES string of the molecule is CCCCNC(=O)[C@H](Cc1ccccc1)N(Cc1ccc(F)cc1)C(=O)CCc1ccc(OCC)c(OCC)c1. The van der Waals surface area contributed by atoms with Crippen LogP contribution in [0.5, 0.6) is 11.5 Å². The zero-order valence-electron chi connectivity index (χ0n) is 23.8. The van der Waals surface area contributed by atoms with Crippen LogP contribution in [-0.2, 0) is 29.0 Å². The topological polar surface area (TPSA) is 67.9 Å². The second-order valence-electron chi connectivity index (χ2n) is 9.65. The Hall–Kier alpha value is -3.87. The van der Waals surface area contributed by atoms with Gasteiger partial charge in [-0.1, -0.05) is 61.9 Å². The molecule has 2 amide bonds. The summed E-state index contributed by atoms with van der Waals surface area (Å²) in [5.74, 6) is 0.634. The predicted octanol–water partition coefficient (Wildman–Crippen LogP) is 6.11. The molecule has 0 aliphatic rings. The van der Waals surface area contributed by atoms with Crippen LogP contribution < -0.4 is 14.8 Å². The van der Waals surface area contributed by atoms with E-state index in [0.717, 1.165) is 29.5 Å². The van der Waals surface area contributed by atoms with E-state index in [1.807, 2.05) is 62.4 Å². The quantitative estimate of drug-likeness (QED) is 0.219. The molecule has 40 heavy (non-hydrogen) atoms. The molecule has 6 nitrogen and oxygen atoms in total. The molecule has 0 spiro atoms. The maximum atomic E-state index is 13.8. The van der Waals surface area contributed by atoms with E-state index in [1.54, 1.807) is 17.0 Å². The van der Waals surface area contributed by atoms with Crippen molar-refractivity contribution in [2.45, 2.75) is 65.5 Å². The van der Waals surface area contributed by atoms with E-state index in [4.69, 9.17) is 9.47 Å². The maximum absolute atomic E-state index is 13.8. The fraction of sp³-hybridized carbons (Fsp3) is 0.394. The van der Waals surface area contributed by atoms with Gasteiger partial charge >= 0.3 is 0 Å². The molecule has 0 aliphatic heterocycles. The molecule has 3 rings (SSSR count). The van der Waals surface area contributed by atoms with Crippen molar-refractivity contribution in [3.8, 4) is 11.5 Å². The monoisotopic (exact) mass is 548 g/mol. The van der Waals surface area contributed by atoms with Gasteiger partial charge in [-0.25, -0.2) is 4.39 Å². The summed E-state index contributed by atoms with van der Waals surface area (Å²) < 4.78 is 25.1. The largest absolute Gasteiger partial charge is 0.490 e. The number of nitrogens with zero attached hydrogens (tertiary/aromatic N) is 1. The van der Waals surface area contributed by atoms with Crippen LogP contribution in [0.15, 0.2) is 72.8 Å². The van der Waals surface area contributed by atoms with E-state index in [2.05, 4.69) is 12.2 Å². The molecule has 0 radical (unpaired) electrons. The van der Waals surface area contributed by atoms with Crippen molar-refractivity contribution in [2.75, 3.05) is 19.8 Å². The molecule has 3 aromatic carbocycles. The first-order valence-electron chi connectivity index (χ1n) is 14.2. The zero-order chi connectivity index (χ0) is 28.7. The number of carbonyl (C=O) groups is 2. The van der Waals surface area contributed by atoms with Gasteiger partial charge in [0.2, 0.25) is 11.8 Å². The summed E-state index contributed by atoms with van der Waals surface area (Å²) in [6.45, 7) is 7.67. The van der Waals surface area contributed by atoms with Crippen LogP contribution in [0.2, 0.25) is 0 Å². The standard InChI is InChI=1S/C33H41FN2O4/c1-4-7-21-35-33(38)29(22-25-11-9-8-10-12-25)36(24-27-13-17-28(34)18-14-27)32(37)20-16-26-15-19-30(39-5-2)31(23-26)40-6-3/h8-15,17-19,23,29H,4-7,16,20-22,24H2,1-3H3,(H,35,38)/t29-/m0/s1. The third-order valence-electron chi connectivity index (χ3n) is 6.60. The fourth-order valence-corrected chi connectivity index (χ4v) is 4.49. The Kier molecular flexibility index (Phi) is 12.5. The smallest absolute Gasteiger partial charge is 0.243 e. The summed E-state index contributed by atoms with van der Waals surface area (Å²) in [7, 11) is 0. The Balaban J connectivity index is 1.87. The van der Waals surface area contributed by atoms with Crippen molar-refractivity contribution in [1.29, 1.82) is 0 Å². The number of rotatable bonds is 16. The third kappa shape index (κ3) is 9.40. The van der Waals surface area contributed by atoms with Gasteiger partial charge in [0.05, 0.1) is 13.2 Å². The Morgan fingerprint density at radius 1 is 0.850 bits per heavy atom. The highest BCUT2D eigenvalue weighted by atomic mass is 19.1. The zero-order valence-corrected chi connectivity index (χ0v) is 23.8. The van der Waals surface area contributed by atoms with E-state index < -0.39 is 6.04 Å². The molecule has 0 bridgehead atoms. The van der Waals surface area contributed by atoms with Gasteiger partial charge < -0.3 is 19.7 Å². The number of nitrogens with one attached hydrogen (secondary N) is 1. The van der Waals surface area contributed by atoms with Gasteiger partial charge in [0, 0.05) is 25.9 Å². The first-order valence-corrected chi connectivity index (χ1v) is 14.2. The lowest BCUT2D eigenvalue weighted by molar-refractivity contribution is -0.141. The maximum Gasteiger partial charge on any atom is 0.243 e. The van der Waals surface area contributed by atoms with Gasteiger partial charge in [0.1, 0.15) is 11.9 Å². The molecule has 0 fully saturated rings. The summed E-state index contributed by atoms with van der Waals surface area (Å²) in [4.78, 5) is 29.0. The van der Waals surface area contributed by atoms with Crippen molar-refractivity contribution in [1.82, 2.24) is 10.2 Å². The van der Waals surface area contributed by atoms with Gasteiger partial charge in [-0.3, -0.25) is 9.59 Å². The van der Waals surface area contributed by atoms with Gasteiger partial charge in [-0.05, 0) is 67.6 Å². The molecule has 0 heterocycles. The number of hydrogen-bond donors (Lipinski definition) is 1. The van der Waals surface area contributed by atoms with Gasteiger partial charge in [-0.15, -0.1) is 0 Å². The van der Waals surface area contributed by atoms with E-state index in [9.17, 15) is 14.0 Å². The Morgan fingerprint density at radius 2 is 1.52 bits per heavy atom. The van der Waals surface area contributed by atoms with Crippen LogP contribution in [0.25, 0.3) is 0 Å². The number of aryl methyl sites for hydroxylation is 1. The molecule has 1 N–H and O–H groups in total. The molecule has 0 saturated carbocycles. The molecule has 3 aromatic rings. The average Bonchev–Trinajstić information content (AvgIpc) is 2.96. The van der Waals surface area contributed by atoms with E-state index in [0.29, 0.717) is 44.1 Å². The normalized spacial score (nSPS) is 11.5. The lowest BCUT2D eigenvalue weighted by atomic mass is 10.0. The number of benzene rings is 3. The highest BCUT2D eigenvalue weighted by molar-refractivity contribution is 5.88. The number of hydrogen-bond acceptors (Lipinski definition) is 4. The average molecular weight is 549 g/mol. The minimum atomic E-state index is -0.712.